The molecule has 0 aromatic heterocycles. The van der Waals surface area contributed by atoms with Gasteiger partial charge in [0.15, 0.2) is 0 Å². The van der Waals surface area contributed by atoms with Crippen molar-refractivity contribution in [2.24, 2.45) is 0 Å². The number of benzene rings is 1. The lowest BCUT2D eigenvalue weighted by molar-refractivity contribution is -0.123. The Balaban J connectivity index is 1.60. The van der Waals surface area contributed by atoms with Gasteiger partial charge in [-0.15, -0.1) is 0 Å². The predicted octanol–water partition coefficient (Wildman–Crippen LogP) is 2.25. The molecule has 0 aliphatic carbocycles. The first kappa shape index (κ1) is 21.6. The third-order valence-electron chi connectivity index (χ3n) is 4.40. The summed E-state index contributed by atoms with van der Waals surface area (Å²) in [5.41, 5.74) is 1.04. The van der Waals surface area contributed by atoms with Crippen LogP contribution in [0.2, 0.25) is 0 Å². The molecule has 1 heterocycles. The number of ether oxygens (including phenoxy) is 1. The highest BCUT2D eigenvalue weighted by Gasteiger charge is 2.16. The molecule has 27 heavy (non-hydrogen) atoms. The fourth-order valence-corrected chi connectivity index (χ4v) is 3.89. The molecule has 0 bridgehead atoms. The number of thioether (sulfide) groups is 1. The van der Waals surface area contributed by atoms with Gasteiger partial charge in [-0.05, 0) is 38.0 Å². The monoisotopic (exact) mass is 393 g/mol. The first-order chi connectivity index (χ1) is 13.1. The van der Waals surface area contributed by atoms with Gasteiger partial charge in [-0.1, -0.05) is 12.1 Å². The van der Waals surface area contributed by atoms with E-state index in [1.807, 2.05) is 49.9 Å². The van der Waals surface area contributed by atoms with Crippen molar-refractivity contribution >= 4 is 23.6 Å². The highest BCUT2D eigenvalue weighted by Crippen LogP contribution is 2.17. The van der Waals surface area contributed by atoms with E-state index >= 15 is 0 Å². The minimum atomic E-state index is -0.0577. The second kappa shape index (κ2) is 11.9. The largest absolute Gasteiger partial charge is 0.494 e. The topological polar surface area (TPSA) is 79.5 Å². The standard InChI is InChI=1S/C20H31N3O3S/c1-3-26-18-8-6-16(7-9-18)15(2)23-19(24)5-4-10-22-20(25)13-17-14-27-12-11-21-17/h6-9,15,17,21H,3-5,10-14H2,1-2H3,(H,22,25)(H,23,24). The molecule has 0 saturated carbocycles. The quantitative estimate of drug-likeness (QED) is 0.532. The van der Waals surface area contributed by atoms with Gasteiger partial charge in [-0.2, -0.15) is 11.8 Å². The number of amides is 2. The SMILES string of the molecule is CCOc1ccc(C(C)NC(=O)CCCNC(=O)CC2CSCCN2)cc1. The van der Waals surface area contributed by atoms with Crippen LogP contribution in [0, 0.1) is 0 Å². The average molecular weight is 394 g/mol. The minimum absolute atomic E-state index is 0.00372. The van der Waals surface area contributed by atoms with Crippen molar-refractivity contribution in [3.63, 3.8) is 0 Å². The number of rotatable bonds is 10. The van der Waals surface area contributed by atoms with Crippen molar-refractivity contribution in [2.75, 3.05) is 31.2 Å². The summed E-state index contributed by atoms with van der Waals surface area (Å²) >= 11 is 1.88. The molecule has 1 aliphatic heterocycles. The summed E-state index contributed by atoms with van der Waals surface area (Å²) in [5.74, 6) is 2.98. The Labute approximate surface area is 166 Å². The second-order valence-electron chi connectivity index (χ2n) is 6.67. The zero-order chi connectivity index (χ0) is 19.5. The van der Waals surface area contributed by atoms with Gasteiger partial charge in [0.2, 0.25) is 11.8 Å². The molecule has 1 saturated heterocycles. The molecule has 0 radical (unpaired) electrons. The van der Waals surface area contributed by atoms with Crippen LogP contribution in [-0.4, -0.2) is 49.1 Å². The molecular formula is C20H31N3O3S. The number of nitrogens with one attached hydrogen (secondary N) is 3. The summed E-state index contributed by atoms with van der Waals surface area (Å²) in [5, 5.41) is 9.26. The maximum Gasteiger partial charge on any atom is 0.221 e. The van der Waals surface area contributed by atoms with Crippen molar-refractivity contribution in [3.05, 3.63) is 29.8 Å². The number of carbonyl (C=O) groups is 2. The molecule has 1 fully saturated rings. The highest BCUT2D eigenvalue weighted by atomic mass is 32.2. The average Bonchev–Trinajstić information content (AvgIpc) is 2.67. The zero-order valence-electron chi connectivity index (χ0n) is 16.3. The Kier molecular flexibility index (Phi) is 9.48. The summed E-state index contributed by atoms with van der Waals surface area (Å²) in [6, 6.07) is 7.97. The minimum Gasteiger partial charge on any atom is -0.494 e. The number of hydrogen-bond acceptors (Lipinski definition) is 5. The fraction of sp³-hybridized carbons (Fsp3) is 0.600. The van der Waals surface area contributed by atoms with Gasteiger partial charge in [-0.3, -0.25) is 9.59 Å². The molecule has 6 nitrogen and oxygen atoms in total. The lowest BCUT2D eigenvalue weighted by Crippen LogP contribution is -2.41. The molecule has 7 heteroatoms. The van der Waals surface area contributed by atoms with Gasteiger partial charge >= 0.3 is 0 Å². The van der Waals surface area contributed by atoms with Gasteiger partial charge in [0.05, 0.1) is 12.6 Å². The molecule has 1 aromatic carbocycles. The van der Waals surface area contributed by atoms with Crippen LogP contribution in [0.25, 0.3) is 0 Å². The molecule has 2 rings (SSSR count). The maximum absolute atomic E-state index is 12.1. The summed E-state index contributed by atoms with van der Waals surface area (Å²) in [4.78, 5) is 24.0. The van der Waals surface area contributed by atoms with Crippen LogP contribution < -0.4 is 20.7 Å². The number of carbonyl (C=O) groups excluding carboxylic acids is 2. The molecule has 150 valence electrons. The maximum atomic E-state index is 12.1. The third-order valence-corrected chi connectivity index (χ3v) is 5.53. The van der Waals surface area contributed by atoms with Crippen LogP contribution in [-0.2, 0) is 9.59 Å². The molecule has 2 unspecified atom stereocenters. The Bertz CT molecular complexity index is 589. The Morgan fingerprint density at radius 3 is 2.74 bits per heavy atom. The predicted molar refractivity (Wildman–Crippen MR) is 110 cm³/mol. The Morgan fingerprint density at radius 2 is 2.07 bits per heavy atom. The lowest BCUT2D eigenvalue weighted by atomic mass is 10.1. The van der Waals surface area contributed by atoms with Crippen LogP contribution in [0.3, 0.4) is 0 Å². The third kappa shape index (κ3) is 8.22. The first-order valence-electron chi connectivity index (χ1n) is 9.68. The Hall–Kier alpha value is -1.73. The summed E-state index contributed by atoms with van der Waals surface area (Å²) in [6.07, 6.45) is 1.55. The van der Waals surface area contributed by atoms with Crippen LogP contribution in [0.15, 0.2) is 24.3 Å². The molecule has 1 aromatic rings. The Morgan fingerprint density at radius 1 is 1.30 bits per heavy atom. The fourth-order valence-electron chi connectivity index (χ4n) is 2.94. The van der Waals surface area contributed by atoms with E-state index in [0.717, 1.165) is 29.4 Å². The van der Waals surface area contributed by atoms with E-state index in [1.54, 1.807) is 0 Å². The normalized spacial score (nSPS) is 17.8. The first-order valence-corrected chi connectivity index (χ1v) is 10.8. The van der Waals surface area contributed by atoms with Gasteiger partial charge in [-0.25, -0.2) is 0 Å². The molecule has 0 spiro atoms. The van der Waals surface area contributed by atoms with Gasteiger partial charge < -0.3 is 20.7 Å². The van der Waals surface area contributed by atoms with Crippen LogP contribution >= 0.6 is 11.8 Å². The van der Waals surface area contributed by atoms with Crippen LogP contribution in [0.1, 0.15) is 44.7 Å². The van der Waals surface area contributed by atoms with Crippen LogP contribution in [0.5, 0.6) is 5.75 Å². The molecule has 3 N–H and O–H groups in total. The zero-order valence-corrected chi connectivity index (χ0v) is 17.1. The summed E-state index contributed by atoms with van der Waals surface area (Å²) in [6.45, 7) is 6.05. The lowest BCUT2D eigenvalue weighted by Gasteiger charge is -2.22. The van der Waals surface area contributed by atoms with Crippen molar-refractivity contribution < 1.29 is 14.3 Å². The smallest absolute Gasteiger partial charge is 0.221 e. The highest BCUT2D eigenvalue weighted by molar-refractivity contribution is 7.99. The second-order valence-corrected chi connectivity index (χ2v) is 7.82. The van der Waals surface area contributed by atoms with Crippen molar-refractivity contribution in [3.8, 4) is 5.75 Å². The molecule has 2 atom stereocenters. The number of hydrogen-bond donors (Lipinski definition) is 3. The van der Waals surface area contributed by atoms with Gasteiger partial charge in [0, 0.05) is 43.5 Å². The van der Waals surface area contributed by atoms with Crippen molar-refractivity contribution in [2.45, 2.75) is 45.2 Å². The van der Waals surface area contributed by atoms with E-state index in [-0.39, 0.29) is 23.9 Å². The molecule has 2 amide bonds. The van der Waals surface area contributed by atoms with E-state index in [4.69, 9.17) is 4.74 Å². The summed E-state index contributed by atoms with van der Waals surface area (Å²) < 4.78 is 5.43. The van der Waals surface area contributed by atoms with Crippen molar-refractivity contribution in [1.29, 1.82) is 0 Å². The van der Waals surface area contributed by atoms with Crippen LogP contribution in [0.4, 0.5) is 0 Å². The van der Waals surface area contributed by atoms with E-state index in [0.29, 0.717) is 32.4 Å². The van der Waals surface area contributed by atoms with Gasteiger partial charge in [0.25, 0.3) is 0 Å². The van der Waals surface area contributed by atoms with Gasteiger partial charge in [0.1, 0.15) is 5.75 Å². The van der Waals surface area contributed by atoms with E-state index in [1.165, 1.54) is 0 Å². The molecular weight excluding hydrogens is 362 g/mol. The summed E-state index contributed by atoms with van der Waals surface area (Å²) in [7, 11) is 0. The van der Waals surface area contributed by atoms with Crippen molar-refractivity contribution in [1.82, 2.24) is 16.0 Å². The van der Waals surface area contributed by atoms with E-state index in [2.05, 4.69) is 16.0 Å². The van der Waals surface area contributed by atoms with E-state index < -0.39 is 0 Å². The molecule has 1 aliphatic rings. The van der Waals surface area contributed by atoms with E-state index in [9.17, 15) is 9.59 Å².